The third kappa shape index (κ3) is 4.24. The van der Waals surface area contributed by atoms with Crippen LogP contribution >= 0.6 is 11.6 Å². The largest absolute Gasteiger partial charge is 0.399 e. The van der Waals surface area contributed by atoms with Crippen molar-refractivity contribution < 1.29 is 9.53 Å². The van der Waals surface area contributed by atoms with Crippen molar-refractivity contribution in [2.75, 3.05) is 19.4 Å². The fourth-order valence-electron chi connectivity index (χ4n) is 1.21. The van der Waals surface area contributed by atoms with Crippen molar-refractivity contribution in [2.24, 2.45) is 0 Å². The summed E-state index contributed by atoms with van der Waals surface area (Å²) in [6, 6.07) is 4.76. The molecule has 0 bridgehead atoms. The van der Waals surface area contributed by atoms with E-state index in [2.05, 4.69) is 5.32 Å². The lowest BCUT2D eigenvalue weighted by molar-refractivity contribution is 0.0229. The molecule has 0 saturated carbocycles. The van der Waals surface area contributed by atoms with Gasteiger partial charge in [0.25, 0.3) is 5.91 Å². The van der Waals surface area contributed by atoms with Gasteiger partial charge in [-0.1, -0.05) is 11.6 Å². The molecule has 4 nitrogen and oxygen atoms in total. The molecule has 5 heteroatoms. The van der Waals surface area contributed by atoms with Crippen molar-refractivity contribution in [1.82, 2.24) is 5.32 Å². The highest BCUT2D eigenvalue weighted by Gasteiger charge is 2.18. The maximum Gasteiger partial charge on any atom is 0.251 e. The first-order chi connectivity index (χ1) is 7.84. The first kappa shape index (κ1) is 13.8. The molecule has 0 spiro atoms. The van der Waals surface area contributed by atoms with E-state index in [1.165, 1.54) is 0 Å². The van der Waals surface area contributed by atoms with Crippen LogP contribution in [0.2, 0.25) is 5.02 Å². The van der Waals surface area contributed by atoms with Crippen LogP contribution in [-0.2, 0) is 4.74 Å². The Kier molecular flexibility index (Phi) is 4.37. The fourth-order valence-corrected chi connectivity index (χ4v) is 1.45. The van der Waals surface area contributed by atoms with Crippen molar-refractivity contribution >= 4 is 23.2 Å². The van der Waals surface area contributed by atoms with E-state index >= 15 is 0 Å². The third-order valence-electron chi connectivity index (χ3n) is 2.41. The van der Waals surface area contributed by atoms with E-state index in [0.717, 1.165) is 0 Å². The fraction of sp³-hybridized carbons (Fsp3) is 0.417. The van der Waals surface area contributed by atoms with Crippen LogP contribution in [0.25, 0.3) is 0 Å². The van der Waals surface area contributed by atoms with Gasteiger partial charge in [-0.25, -0.2) is 0 Å². The molecular formula is C12H17ClN2O2. The monoisotopic (exact) mass is 256 g/mol. The van der Waals surface area contributed by atoms with Crippen molar-refractivity contribution in [3.63, 3.8) is 0 Å². The molecule has 1 amide bonds. The number of carbonyl (C=O) groups excluding carboxylic acids is 1. The summed E-state index contributed by atoms with van der Waals surface area (Å²) in [6.45, 7) is 4.19. The van der Waals surface area contributed by atoms with Gasteiger partial charge in [-0.15, -0.1) is 0 Å². The van der Waals surface area contributed by atoms with Crippen molar-refractivity contribution in [2.45, 2.75) is 19.4 Å². The number of ether oxygens (including phenoxy) is 1. The van der Waals surface area contributed by atoms with Gasteiger partial charge in [-0.2, -0.15) is 0 Å². The number of carbonyl (C=O) groups is 1. The second kappa shape index (κ2) is 5.38. The molecule has 17 heavy (non-hydrogen) atoms. The molecule has 0 radical (unpaired) electrons. The van der Waals surface area contributed by atoms with E-state index in [1.54, 1.807) is 25.3 Å². The van der Waals surface area contributed by atoms with Crippen LogP contribution in [0.15, 0.2) is 18.2 Å². The predicted octanol–water partition coefficient (Wildman–Crippen LogP) is 2.08. The summed E-state index contributed by atoms with van der Waals surface area (Å²) >= 11 is 5.83. The van der Waals surface area contributed by atoms with Gasteiger partial charge in [-0.3, -0.25) is 4.79 Å². The van der Waals surface area contributed by atoms with Crippen molar-refractivity contribution in [1.29, 1.82) is 0 Å². The topological polar surface area (TPSA) is 64.3 Å². The number of amides is 1. The summed E-state index contributed by atoms with van der Waals surface area (Å²) < 4.78 is 5.21. The molecule has 0 aliphatic heterocycles. The Labute approximate surface area is 106 Å². The third-order valence-corrected chi connectivity index (χ3v) is 2.63. The van der Waals surface area contributed by atoms with E-state index in [-0.39, 0.29) is 5.91 Å². The van der Waals surface area contributed by atoms with Gasteiger partial charge >= 0.3 is 0 Å². The molecule has 0 saturated heterocycles. The van der Waals surface area contributed by atoms with Crippen LogP contribution in [0.1, 0.15) is 24.2 Å². The number of methoxy groups -OCH3 is 1. The molecule has 0 aliphatic rings. The summed E-state index contributed by atoms with van der Waals surface area (Å²) in [5.41, 5.74) is 6.13. The lowest BCUT2D eigenvalue weighted by Crippen LogP contribution is -2.39. The highest BCUT2D eigenvalue weighted by Crippen LogP contribution is 2.16. The van der Waals surface area contributed by atoms with E-state index in [0.29, 0.717) is 22.8 Å². The number of rotatable bonds is 4. The van der Waals surface area contributed by atoms with E-state index < -0.39 is 5.60 Å². The van der Waals surface area contributed by atoms with Gasteiger partial charge in [0.15, 0.2) is 0 Å². The minimum Gasteiger partial charge on any atom is -0.399 e. The lowest BCUT2D eigenvalue weighted by atomic mass is 10.1. The summed E-state index contributed by atoms with van der Waals surface area (Å²) in [5.74, 6) is -0.218. The van der Waals surface area contributed by atoms with Gasteiger partial charge in [0.2, 0.25) is 0 Å². The molecule has 0 unspecified atom stereocenters. The van der Waals surface area contributed by atoms with Crippen LogP contribution in [0, 0.1) is 0 Å². The zero-order valence-electron chi connectivity index (χ0n) is 10.2. The first-order valence-corrected chi connectivity index (χ1v) is 5.61. The molecule has 1 aromatic rings. The molecule has 94 valence electrons. The maximum atomic E-state index is 11.8. The number of benzene rings is 1. The number of anilines is 1. The van der Waals surface area contributed by atoms with Crippen LogP contribution in [0.3, 0.4) is 0 Å². The second-order valence-electron chi connectivity index (χ2n) is 4.42. The first-order valence-electron chi connectivity index (χ1n) is 5.23. The number of nitrogens with two attached hydrogens (primary N) is 1. The Morgan fingerprint density at radius 1 is 1.47 bits per heavy atom. The number of nitrogens with one attached hydrogen (secondary N) is 1. The van der Waals surface area contributed by atoms with Gasteiger partial charge in [-0.05, 0) is 32.0 Å². The molecule has 1 aromatic carbocycles. The average Bonchev–Trinajstić information content (AvgIpc) is 2.24. The summed E-state index contributed by atoms with van der Waals surface area (Å²) in [7, 11) is 1.60. The van der Waals surface area contributed by atoms with Crippen molar-refractivity contribution in [3.8, 4) is 0 Å². The Morgan fingerprint density at radius 3 is 2.65 bits per heavy atom. The molecule has 3 N–H and O–H groups in total. The molecular weight excluding hydrogens is 240 g/mol. The summed E-state index contributed by atoms with van der Waals surface area (Å²) in [5, 5.41) is 3.21. The van der Waals surface area contributed by atoms with Crippen molar-refractivity contribution in [3.05, 3.63) is 28.8 Å². The lowest BCUT2D eigenvalue weighted by Gasteiger charge is -2.23. The average molecular weight is 257 g/mol. The normalized spacial score (nSPS) is 11.3. The highest BCUT2D eigenvalue weighted by atomic mass is 35.5. The quantitative estimate of drug-likeness (QED) is 0.811. The number of hydrogen-bond donors (Lipinski definition) is 2. The number of nitrogen functional groups attached to an aromatic ring is 1. The standard InChI is InChI=1S/C12H17ClN2O2/c1-12(2,17-3)7-15-11(16)8-4-9(13)6-10(14)5-8/h4-6H,7,14H2,1-3H3,(H,15,16). The Morgan fingerprint density at radius 2 is 2.12 bits per heavy atom. The van der Waals surface area contributed by atoms with Gasteiger partial charge < -0.3 is 15.8 Å². The number of hydrogen-bond acceptors (Lipinski definition) is 3. The van der Waals surface area contributed by atoms with Crippen LogP contribution in [0.4, 0.5) is 5.69 Å². The summed E-state index contributed by atoms with van der Waals surface area (Å²) in [4.78, 5) is 11.8. The smallest absolute Gasteiger partial charge is 0.251 e. The second-order valence-corrected chi connectivity index (χ2v) is 4.86. The SMILES string of the molecule is COC(C)(C)CNC(=O)c1cc(N)cc(Cl)c1. The van der Waals surface area contributed by atoms with E-state index in [1.807, 2.05) is 13.8 Å². The van der Waals surface area contributed by atoms with Crippen LogP contribution < -0.4 is 11.1 Å². The minimum absolute atomic E-state index is 0.218. The molecule has 0 aliphatic carbocycles. The Bertz CT molecular complexity index is 399. The zero-order valence-corrected chi connectivity index (χ0v) is 11.0. The maximum absolute atomic E-state index is 11.8. The molecule has 0 fully saturated rings. The molecule has 1 rings (SSSR count). The minimum atomic E-state index is -0.403. The highest BCUT2D eigenvalue weighted by molar-refractivity contribution is 6.31. The van der Waals surface area contributed by atoms with Gasteiger partial charge in [0.05, 0.1) is 5.60 Å². The molecule has 0 heterocycles. The van der Waals surface area contributed by atoms with Crippen LogP contribution in [-0.4, -0.2) is 25.2 Å². The molecule has 0 atom stereocenters. The number of halogens is 1. The Balaban J connectivity index is 2.70. The van der Waals surface area contributed by atoms with Gasteiger partial charge in [0.1, 0.15) is 0 Å². The zero-order chi connectivity index (χ0) is 13.1. The van der Waals surface area contributed by atoms with Crippen LogP contribution in [0.5, 0.6) is 0 Å². The summed E-state index contributed by atoms with van der Waals surface area (Å²) in [6.07, 6.45) is 0. The Hall–Kier alpha value is -1.26. The molecule has 0 aromatic heterocycles. The van der Waals surface area contributed by atoms with E-state index in [9.17, 15) is 4.79 Å². The van der Waals surface area contributed by atoms with E-state index in [4.69, 9.17) is 22.1 Å². The van der Waals surface area contributed by atoms with Gasteiger partial charge in [0, 0.05) is 29.9 Å². The predicted molar refractivity (Wildman–Crippen MR) is 69.3 cm³/mol.